The molecule has 19 heavy (non-hydrogen) atoms. The van der Waals surface area contributed by atoms with E-state index in [1.54, 1.807) is 6.92 Å². The predicted octanol–water partition coefficient (Wildman–Crippen LogP) is 0.946. The van der Waals surface area contributed by atoms with E-state index in [1.165, 1.54) is 0 Å². The number of nitrogens with one attached hydrogen (secondary N) is 1. The molecule has 0 aromatic heterocycles. The van der Waals surface area contributed by atoms with Gasteiger partial charge in [-0.3, -0.25) is 0 Å². The second kappa shape index (κ2) is 6.31. The highest BCUT2D eigenvalue weighted by Gasteiger charge is 2.19. The monoisotopic (exact) mass is 289 g/mol. The van der Waals surface area contributed by atoms with Gasteiger partial charge in [0.25, 0.3) is 0 Å². The fourth-order valence-electron chi connectivity index (χ4n) is 1.48. The summed E-state index contributed by atoms with van der Waals surface area (Å²) in [7, 11) is -1.99. The van der Waals surface area contributed by atoms with Gasteiger partial charge in [-0.2, -0.15) is 0 Å². The molecule has 0 amide bonds. The normalized spacial score (nSPS) is 12.1. The zero-order valence-corrected chi connectivity index (χ0v) is 12.2. The van der Waals surface area contributed by atoms with E-state index in [2.05, 4.69) is 4.72 Å². The van der Waals surface area contributed by atoms with Gasteiger partial charge in [-0.15, -0.1) is 0 Å². The maximum absolute atomic E-state index is 13.7. The Hall–Kier alpha value is -1.18. The number of rotatable bonds is 6. The van der Waals surface area contributed by atoms with Gasteiger partial charge >= 0.3 is 0 Å². The average molecular weight is 289 g/mol. The number of hydrogen-bond acceptors (Lipinski definition) is 4. The van der Waals surface area contributed by atoms with Crippen molar-refractivity contribution in [2.45, 2.75) is 18.7 Å². The number of benzene rings is 1. The first-order valence-electron chi connectivity index (χ1n) is 6.01. The van der Waals surface area contributed by atoms with Crippen LogP contribution in [0.2, 0.25) is 0 Å². The molecule has 0 bridgehead atoms. The summed E-state index contributed by atoms with van der Waals surface area (Å²) in [6.45, 7) is 5.18. The number of likely N-dealkylation sites (N-methyl/N-ethyl adjacent to an activating group) is 1. The van der Waals surface area contributed by atoms with Crippen LogP contribution in [0.4, 0.5) is 10.1 Å². The third-order valence-corrected chi connectivity index (χ3v) is 4.41. The van der Waals surface area contributed by atoms with E-state index in [0.717, 1.165) is 18.7 Å². The number of sulfonamides is 1. The Morgan fingerprint density at radius 1 is 1.42 bits per heavy atom. The maximum atomic E-state index is 13.7. The van der Waals surface area contributed by atoms with Crippen LogP contribution in [-0.4, -0.2) is 40.0 Å². The van der Waals surface area contributed by atoms with E-state index in [1.807, 2.05) is 18.9 Å². The van der Waals surface area contributed by atoms with Crippen LogP contribution >= 0.6 is 0 Å². The first-order chi connectivity index (χ1) is 8.77. The van der Waals surface area contributed by atoms with E-state index in [9.17, 15) is 12.8 Å². The topological polar surface area (TPSA) is 75.4 Å². The summed E-state index contributed by atoms with van der Waals surface area (Å²) in [5, 5.41) is 0. The summed E-state index contributed by atoms with van der Waals surface area (Å²) in [6, 6.07) is 2.28. The van der Waals surface area contributed by atoms with Crippen molar-refractivity contribution in [3.63, 3.8) is 0 Å². The number of aryl methyl sites for hydroxylation is 1. The van der Waals surface area contributed by atoms with E-state index < -0.39 is 20.7 Å². The van der Waals surface area contributed by atoms with E-state index in [4.69, 9.17) is 5.73 Å². The van der Waals surface area contributed by atoms with Gasteiger partial charge in [-0.05, 0) is 38.2 Å². The molecule has 1 aromatic carbocycles. The quantitative estimate of drug-likeness (QED) is 0.765. The lowest BCUT2D eigenvalue weighted by Crippen LogP contribution is -2.33. The molecule has 0 saturated carbocycles. The molecule has 0 atom stereocenters. The van der Waals surface area contributed by atoms with Crippen LogP contribution in [0, 0.1) is 12.7 Å². The molecule has 0 fully saturated rings. The first kappa shape index (κ1) is 15.9. The summed E-state index contributed by atoms with van der Waals surface area (Å²) < 4.78 is 40.0. The highest BCUT2D eigenvalue weighted by molar-refractivity contribution is 7.89. The molecular weight excluding hydrogens is 269 g/mol. The predicted molar refractivity (Wildman–Crippen MR) is 73.9 cm³/mol. The zero-order chi connectivity index (χ0) is 14.6. The van der Waals surface area contributed by atoms with Gasteiger partial charge in [-0.25, -0.2) is 17.5 Å². The minimum atomic E-state index is -3.87. The molecule has 108 valence electrons. The molecule has 0 radical (unpaired) electrons. The van der Waals surface area contributed by atoms with Crippen molar-refractivity contribution in [3.05, 3.63) is 23.5 Å². The van der Waals surface area contributed by atoms with Crippen molar-refractivity contribution < 1.29 is 12.8 Å². The summed E-state index contributed by atoms with van der Waals surface area (Å²) in [5.74, 6) is -0.789. The second-order valence-electron chi connectivity index (χ2n) is 4.43. The molecule has 1 aromatic rings. The van der Waals surface area contributed by atoms with Gasteiger partial charge in [0.05, 0.1) is 0 Å². The molecule has 3 N–H and O–H groups in total. The molecule has 0 unspecified atom stereocenters. The second-order valence-corrected chi connectivity index (χ2v) is 6.17. The Labute approximate surface area is 113 Å². The van der Waals surface area contributed by atoms with Crippen molar-refractivity contribution in [3.8, 4) is 0 Å². The maximum Gasteiger partial charge on any atom is 0.243 e. The molecule has 0 aliphatic carbocycles. The molecule has 0 heterocycles. The van der Waals surface area contributed by atoms with Gasteiger partial charge in [0.15, 0.2) is 0 Å². The van der Waals surface area contributed by atoms with Gasteiger partial charge in [-0.1, -0.05) is 6.92 Å². The molecule has 0 saturated heterocycles. The van der Waals surface area contributed by atoms with Crippen molar-refractivity contribution in [2.75, 3.05) is 32.4 Å². The summed E-state index contributed by atoms with van der Waals surface area (Å²) in [4.78, 5) is 1.54. The lowest BCUT2D eigenvalue weighted by molar-refractivity contribution is 0.358. The van der Waals surface area contributed by atoms with Crippen LogP contribution < -0.4 is 10.5 Å². The van der Waals surface area contributed by atoms with Crippen LogP contribution in [0.3, 0.4) is 0 Å². The third-order valence-electron chi connectivity index (χ3n) is 2.94. The van der Waals surface area contributed by atoms with Crippen LogP contribution in [0.5, 0.6) is 0 Å². The number of halogens is 1. The van der Waals surface area contributed by atoms with Crippen molar-refractivity contribution in [1.82, 2.24) is 9.62 Å². The zero-order valence-electron chi connectivity index (χ0n) is 11.4. The SMILES string of the molecule is CCN(C)CCNS(=O)(=O)c1cc(N)c(C)cc1F. The van der Waals surface area contributed by atoms with Gasteiger partial charge in [0.1, 0.15) is 10.7 Å². The molecule has 0 spiro atoms. The van der Waals surface area contributed by atoms with Crippen LogP contribution in [0.1, 0.15) is 12.5 Å². The van der Waals surface area contributed by atoms with E-state index >= 15 is 0 Å². The van der Waals surface area contributed by atoms with Crippen molar-refractivity contribution in [2.24, 2.45) is 0 Å². The largest absolute Gasteiger partial charge is 0.398 e. The molecule has 0 aliphatic heterocycles. The van der Waals surface area contributed by atoms with Crippen molar-refractivity contribution >= 4 is 15.7 Å². The average Bonchev–Trinajstić information content (AvgIpc) is 2.33. The highest BCUT2D eigenvalue weighted by Crippen LogP contribution is 2.21. The number of nitrogens with two attached hydrogens (primary N) is 1. The Morgan fingerprint density at radius 2 is 2.05 bits per heavy atom. The lowest BCUT2D eigenvalue weighted by Gasteiger charge is -2.14. The van der Waals surface area contributed by atoms with E-state index in [0.29, 0.717) is 12.1 Å². The lowest BCUT2D eigenvalue weighted by atomic mass is 10.2. The Kier molecular flexibility index (Phi) is 5.28. The standard InChI is InChI=1S/C12H20FN3O2S/c1-4-16(3)6-5-15-19(17,18)12-8-11(14)9(2)7-10(12)13/h7-8,15H,4-6,14H2,1-3H3. The van der Waals surface area contributed by atoms with Gasteiger partial charge < -0.3 is 10.6 Å². The molecule has 7 heteroatoms. The number of hydrogen-bond donors (Lipinski definition) is 2. The number of anilines is 1. The molecule has 0 aliphatic rings. The summed E-state index contributed by atoms with van der Waals surface area (Å²) >= 11 is 0. The van der Waals surface area contributed by atoms with E-state index in [-0.39, 0.29) is 12.2 Å². The van der Waals surface area contributed by atoms with Crippen LogP contribution in [-0.2, 0) is 10.0 Å². The summed E-state index contributed by atoms with van der Waals surface area (Å²) in [5.41, 5.74) is 6.39. The Balaban J connectivity index is 2.86. The van der Waals surface area contributed by atoms with Crippen LogP contribution in [0.25, 0.3) is 0 Å². The third kappa shape index (κ3) is 4.15. The molecule has 5 nitrogen and oxygen atoms in total. The highest BCUT2D eigenvalue weighted by atomic mass is 32.2. The fourth-order valence-corrected chi connectivity index (χ4v) is 2.59. The number of nitrogen functional groups attached to an aromatic ring is 1. The van der Waals surface area contributed by atoms with Gasteiger partial charge in [0, 0.05) is 18.8 Å². The Bertz CT molecular complexity index is 546. The fraction of sp³-hybridized carbons (Fsp3) is 0.500. The Morgan fingerprint density at radius 3 is 2.63 bits per heavy atom. The van der Waals surface area contributed by atoms with Crippen LogP contribution in [0.15, 0.2) is 17.0 Å². The molecule has 1 rings (SSSR count). The smallest absolute Gasteiger partial charge is 0.243 e. The molecular formula is C12H20FN3O2S. The minimum Gasteiger partial charge on any atom is -0.398 e. The van der Waals surface area contributed by atoms with Gasteiger partial charge in [0.2, 0.25) is 10.0 Å². The number of nitrogens with zero attached hydrogens (tertiary/aromatic N) is 1. The first-order valence-corrected chi connectivity index (χ1v) is 7.50. The summed E-state index contributed by atoms with van der Waals surface area (Å²) in [6.07, 6.45) is 0. The minimum absolute atomic E-state index is 0.222. The van der Waals surface area contributed by atoms with Crippen molar-refractivity contribution in [1.29, 1.82) is 0 Å².